The van der Waals surface area contributed by atoms with Crippen molar-refractivity contribution in [3.05, 3.63) is 30.9 Å². The highest BCUT2D eigenvalue weighted by molar-refractivity contribution is 5.68. The van der Waals surface area contributed by atoms with Crippen molar-refractivity contribution < 1.29 is 28.5 Å². The number of hydrogen-bond acceptors (Lipinski definition) is 10. The molecule has 0 bridgehead atoms. The Labute approximate surface area is 298 Å². The van der Waals surface area contributed by atoms with Crippen LogP contribution in [-0.2, 0) is 23.7 Å². The summed E-state index contributed by atoms with van der Waals surface area (Å²) in [5.74, 6) is -0.127. The van der Waals surface area contributed by atoms with Gasteiger partial charge in [0.1, 0.15) is 6.10 Å². The highest BCUT2D eigenvalue weighted by atomic mass is 16.6. The van der Waals surface area contributed by atoms with Gasteiger partial charge >= 0.3 is 12.0 Å². The molecule has 0 aromatic carbocycles. The zero-order valence-electron chi connectivity index (χ0n) is 31.2. The van der Waals surface area contributed by atoms with Gasteiger partial charge in [-0.1, -0.05) is 110 Å². The minimum absolute atomic E-state index is 0.127. The summed E-state index contributed by atoms with van der Waals surface area (Å²) in [6, 6.07) is 2.11. The second kappa shape index (κ2) is 31.5. The average molecular weight is 691 g/mol. The molecule has 1 aliphatic rings. The fourth-order valence-electron chi connectivity index (χ4n) is 5.86. The van der Waals surface area contributed by atoms with Gasteiger partial charge in [-0.2, -0.15) is 0 Å². The molecule has 1 aromatic rings. The molecule has 1 unspecified atom stereocenters. The summed E-state index contributed by atoms with van der Waals surface area (Å²) in [6.45, 7) is 8.20. The Balaban J connectivity index is 1.43. The maximum absolute atomic E-state index is 11.2. The van der Waals surface area contributed by atoms with Crippen molar-refractivity contribution in [3.63, 3.8) is 0 Å². The van der Waals surface area contributed by atoms with E-state index in [4.69, 9.17) is 23.7 Å². The van der Waals surface area contributed by atoms with Crippen molar-refractivity contribution in [2.75, 3.05) is 66.5 Å². The van der Waals surface area contributed by atoms with Crippen LogP contribution in [0, 0.1) is 0 Å². The number of unbranched alkanes of at least 4 members (excludes halogenated alkanes) is 17. The van der Waals surface area contributed by atoms with Crippen LogP contribution in [0.1, 0.15) is 135 Å². The first-order valence-corrected chi connectivity index (χ1v) is 19.6. The minimum atomic E-state index is -0.273. The largest absolute Gasteiger partial charge is 0.469 e. The monoisotopic (exact) mass is 691 g/mol. The van der Waals surface area contributed by atoms with Gasteiger partial charge in [-0.3, -0.25) is 4.79 Å². The molecule has 0 saturated carbocycles. The maximum atomic E-state index is 11.2. The van der Waals surface area contributed by atoms with Gasteiger partial charge in [0.25, 0.3) is 0 Å². The summed E-state index contributed by atoms with van der Waals surface area (Å²) in [6.07, 6.45) is 32.6. The van der Waals surface area contributed by atoms with Crippen LogP contribution in [0.4, 0.5) is 0 Å². The lowest BCUT2D eigenvalue weighted by Crippen LogP contribution is -2.30. The van der Waals surface area contributed by atoms with Crippen LogP contribution in [0.2, 0.25) is 0 Å². The molecule has 10 heteroatoms. The smallest absolute Gasteiger partial charge is 0.316 e. The molecule has 1 aromatic heterocycles. The van der Waals surface area contributed by atoms with Crippen LogP contribution in [0.15, 0.2) is 30.9 Å². The van der Waals surface area contributed by atoms with Crippen molar-refractivity contribution in [3.8, 4) is 6.01 Å². The summed E-state index contributed by atoms with van der Waals surface area (Å²) in [5.41, 5.74) is 0. The lowest BCUT2D eigenvalue weighted by atomic mass is 10.0. The topological polar surface area (TPSA) is 95.5 Å². The first kappa shape index (κ1) is 42.7. The van der Waals surface area contributed by atoms with Gasteiger partial charge in [-0.25, -0.2) is 9.97 Å². The molecule has 2 rings (SSSR count). The summed E-state index contributed by atoms with van der Waals surface area (Å²) in [7, 11) is 1.44. The number of nitrogens with zero attached hydrogens (tertiary/aromatic N) is 4. The van der Waals surface area contributed by atoms with Crippen LogP contribution in [0.5, 0.6) is 6.01 Å². The first-order valence-electron chi connectivity index (χ1n) is 19.6. The number of ether oxygens (including phenoxy) is 5. The summed E-state index contributed by atoms with van der Waals surface area (Å²) in [5, 5.41) is 0. The SMILES string of the molecule is CCCCCCCCCCCCCCCCCCOCC(COCCOCCN1C=CN(CCCCCC(=O)OC)C1)Oc1ncccn1. The van der Waals surface area contributed by atoms with Crippen molar-refractivity contribution >= 4 is 5.97 Å². The van der Waals surface area contributed by atoms with Crippen LogP contribution in [0.25, 0.3) is 0 Å². The molecule has 2 heterocycles. The molecule has 10 nitrogen and oxygen atoms in total. The summed E-state index contributed by atoms with van der Waals surface area (Å²) in [4.78, 5) is 24.1. The number of rotatable bonds is 35. The number of methoxy groups -OCH3 is 1. The van der Waals surface area contributed by atoms with Crippen LogP contribution in [-0.4, -0.2) is 98.4 Å². The number of hydrogen-bond donors (Lipinski definition) is 0. The maximum Gasteiger partial charge on any atom is 0.316 e. The predicted octanol–water partition coefficient (Wildman–Crippen LogP) is 8.32. The van der Waals surface area contributed by atoms with E-state index in [9.17, 15) is 4.79 Å². The van der Waals surface area contributed by atoms with Gasteiger partial charge in [0.15, 0.2) is 0 Å². The number of carbonyl (C=O) groups is 1. The van der Waals surface area contributed by atoms with Gasteiger partial charge in [-0.05, 0) is 25.3 Å². The van der Waals surface area contributed by atoms with Crippen LogP contribution in [0.3, 0.4) is 0 Å². The Bertz CT molecular complexity index is 909. The third-order valence-corrected chi connectivity index (χ3v) is 8.86. The van der Waals surface area contributed by atoms with Crippen molar-refractivity contribution in [2.45, 2.75) is 141 Å². The lowest BCUT2D eigenvalue weighted by molar-refractivity contribution is -0.140. The molecule has 0 radical (unpaired) electrons. The summed E-state index contributed by atoms with van der Waals surface area (Å²) >= 11 is 0. The van der Waals surface area contributed by atoms with Gasteiger partial charge in [0.2, 0.25) is 0 Å². The Morgan fingerprint density at radius 2 is 1.18 bits per heavy atom. The third-order valence-electron chi connectivity index (χ3n) is 8.86. The zero-order valence-corrected chi connectivity index (χ0v) is 31.2. The molecule has 0 spiro atoms. The molecule has 0 fully saturated rings. The van der Waals surface area contributed by atoms with Crippen LogP contribution >= 0.6 is 0 Å². The Morgan fingerprint density at radius 3 is 1.80 bits per heavy atom. The fraction of sp³-hybridized carbons (Fsp3) is 0.821. The van der Waals surface area contributed by atoms with E-state index < -0.39 is 0 Å². The second-order valence-electron chi connectivity index (χ2n) is 13.3. The number of carbonyl (C=O) groups excluding carboxylic acids is 1. The highest BCUT2D eigenvalue weighted by Gasteiger charge is 2.14. The predicted molar refractivity (Wildman–Crippen MR) is 196 cm³/mol. The number of aromatic nitrogens is 2. The number of esters is 1. The quantitative estimate of drug-likeness (QED) is 0.0511. The van der Waals surface area contributed by atoms with E-state index in [1.807, 2.05) is 0 Å². The van der Waals surface area contributed by atoms with Gasteiger partial charge < -0.3 is 33.5 Å². The minimum Gasteiger partial charge on any atom is -0.469 e. The van der Waals surface area contributed by atoms with E-state index in [0.29, 0.717) is 45.5 Å². The molecule has 1 aliphatic heterocycles. The molecular weight excluding hydrogens is 620 g/mol. The fourth-order valence-corrected chi connectivity index (χ4v) is 5.86. The molecule has 0 saturated heterocycles. The highest BCUT2D eigenvalue weighted by Crippen LogP contribution is 2.14. The molecule has 49 heavy (non-hydrogen) atoms. The Kier molecular flexibility index (Phi) is 27.5. The Morgan fingerprint density at radius 1 is 0.653 bits per heavy atom. The Hall–Kier alpha value is -2.43. The van der Waals surface area contributed by atoms with Crippen LogP contribution < -0.4 is 4.74 Å². The third kappa shape index (κ3) is 25.2. The van der Waals surface area contributed by atoms with E-state index in [2.05, 4.69) is 39.1 Å². The molecular formula is C39H70N4O6. The van der Waals surface area contributed by atoms with Crippen molar-refractivity contribution in [1.82, 2.24) is 19.8 Å². The standard InChI is InChI=1S/C39H70N4O6/c1-3-4-5-6-7-8-9-10-11-12-13-14-15-16-17-21-30-47-34-37(49-39-40-24-22-25-41-39)35-48-33-32-46-31-29-43-28-27-42(36-43)26-20-18-19-23-38(44)45-2/h22,24-25,27-28,37H,3-21,23,26,29-36H2,1-2H3. The average Bonchev–Trinajstić information content (AvgIpc) is 3.58. The molecule has 0 N–H and O–H groups in total. The zero-order chi connectivity index (χ0) is 34.9. The molecule has 1 atom stereocenters. The van der Waals surface area contributed by atoms with E-state index >= 15 is 0 Å². The van der Waals surface area contributed by atoms with Crippen molar-refractivity contribution in [2.24, 2.45) is 0 Å². The molecule has 0 amide bonds. The second-order valence-corrected chi connectivity index (χ2v) is 13.3. The van der Waals surface area contributed by atoms with Gasteiger partial charge in [-0.15, -0.1) is 0 Å². The van der Waals surface area contributed by atoms with E-state index in [-0.39, 0.29) is 12.1 Å². The van der Waals surface area contributed by atoms with E-state index in [1.54, 1.807) is 18.5 Å². The van der Waals surface area contributed by atoms with Gasteiger partial charge in [0.05, 0.1) is 46.8 Å². The molecule has 282 valence electrons. The van der Waals surface area contributed by atoms with Gasteiger partial charge in [0, 0.05) is 50.9 Å². The molecule has 0 aliphatic carbocycles. The van der Waals surface area contributed by atoms with E-state index in [1.165, 1.54) is 103 Å². The lowest BCUT2D eigenvalue weighted by Gasteiger charge is -2.21. The van der Waals surface area contributed by atoms with Crippen molar-refractivity contribution in [1.29, 1.82) is 0 Å². The van der Waals surface area contributed by atoms with E-state index in [0.717, 1.165) is 52.0 Å². The normalized spacial score (nSPS) is 13.3. The first-order chi connectivity index (χ1) is 24.2. The summed E-state index contributed by atoms with van der Waals surface area (Å²) < 4.78 is 28.3.